The molecule has 0 spiro atoms. The molecule has 26 heavy (non-hydrogen) atoms. The second kappa shape index (κ2) is 9.22. The summed E-state index contributed by atoms with van der Waals surface area (Å²) >= 11 is 3.46. The number of hydrogen-bond donors (Lipinski definition) is 0. The van der Waals surface area contributed by atoms with Crippen molar-refractivity contribution in [2.75, 3.05) is 20.2 Å². The maximum Gasteiger partial charge on any atom is 0.222 e. The Morgan fingerprint density at radius 2 is 1.85 bits per heavy atom. The van der Waals surface area contributed by atoms with Crippen molar-refractivity contribution < 1.29 is 9.53 Å². The molecule has 3 rings (SSSR count). The van der Waals surface area contributed by atoms with Gasteiger partial charge in [0.25, 0.3) is 0 Å². The first-order valence-corrected chi connectivity index (χ1v) is 10.1. The number of methoxy groups -OCH3 is 1. The molecule has 138 valence electrons. The number of unbranched alkanes of at least 4 members (excludes halogenated alkanes) is 1. The smallest absolute Gasteiger partial charge is 0.222 e. The van der Waals surface area contributed by atoms with Crippen molar-refractivity contribution in [2.24, 2.45) is 0 Å². The van der Waals surface area contributed by atoms with E-state index in [-0.39, 0.29) is 0 Å². The minimum Gasteiger partial charge on any atom is -0.497 e. The summed E-state index contributed by atoms with van der Waals surface area (Å²) in [5, 5.41) is 0. The van der Waals surface area contributed by atoms with E-state index in [9.17, 15) is 4.79 Å². The van der Waals surface area contributed by atoms with Gasteiger partial charge < -0.3 is 9.64 Å². The molecule has 3 nitrogen and oxygen atoms in total. The number of likely N-dealkylation sites (tertiary alicyclic amines) is 1. The largest absolute Gasteiger partial charge is 0.497 e. The Kier molecular flexibility index (Phi) is 6.73. The third-order valence-corrected chi connectivity index (χ3v) is 5.68. The predicted octanol–water partition coefficient (Wildman–Crippen LogP) is 5.19. The lowest BCUT2D eigenvalue weighted by molar-refractivity contribution is -0.130. The number of ether oxygens (including phenoxy) is 1. The second-order valence-electron chi connectivity index (χ2n) is 6.93. The third kappa shape index (κ3) is 5.10. The lowest BCUT2D eigenvalue weighted by Crippen LogP contribution is -2.28. The standard InChI is InChI=1S/C22H26BrNO2/c1-26-21-12-8-18(9-13-21)19-14-15-24(16-19)22(25)5-3-2-4-17-6-10-20(23)11-7-17/h6-13,19H,2-5,14-16H2,1H3. The highest BCUT2D eigenvalue weighted by Gasteiger charge is 2.26. The Morgan fingerprint density at radius 3 is 2.54 bits per heavy atom. The van der Waals surface area contributed by atoms with Crippen molar-refractivity contribution in [3.8, 4) is 5.75 Å². The van der Waals surface area contributed by atoms with Crippen molar-refractivity contribution in [1.29, 1.82) is 0 Å². The molecule has 4 heteroatoms. The molecule has 0 saturated carbocycles. The molecular weight excluding hydrogens is 390 g/mol. The maximum atomic E-state index is 12.5. The predicted molar refractivity (Wildman–Crippen MR) is 109 cm³/mol. The molecule has 1 saturated heterocycles. The van der Waals surface area contributed by atoms with E-state index in [1.807, 2.05) is 17.0 Å². The van der Waals surface area contributed by atoms with Gasteiger partial charge in [0.15, 0.2) is 0 Å². The van der Waals surface area contributed by atoms with Gasteiger partial charge in [-0.1, -0.05) is 40.2 Å². The van der Waals surface area contributed by atoms with Gasteiger partial charge in [0.05, 0.1) is 7.11 Å². The van der Waals surface area contributed by atoms with E-state index in [2.05, 4.69) is 52.3 Å². The zero-order valence-electron chi connectivity index (χ0n) is 15.3. The van der Waals surface area contributed by atoms with Crippen LogP contribution in [0.25, 0.3) is 0 Å². The first-order valence-electron chi connectivity index (χ1n) is 9.32. The molecule has 1 fully saturated rings. The minimum atomic E-state index is 0.303. The number of carbonyl (C=O) groups excluding carboxylic acids is 1. The Morgan fingerprint density at radius 1 is 1.12 bits per heavy atom. The molecule has 2 aromatic rings. The molecule has 1 aliphatic rings. The lowest BCUT2D eigenvalue weighted by Gasteiger charge is -2.17. The number of halogens is 1. The Balaban J connectivity index is 1.40. The summed E-state index contributed by atoms with van der Waals surface area (Å²) < 4.78 is 6.33. The average Bonchev–Trinajstić information content (AvgIpc) is 3.17. The summed E-state index contributed by atoms with van der Waals surface area (Å²) in [5.41, 5.74) is 2.64. The Labute approximate surface area is 164 Å². The van der Waals surface area contributed by atoms with Gasteiger partial charge in [-0.3, -0.25) is 4.79 Å². The van der Waals surface area contributed by atoms with Crippen molar-refractivity contribution in [2.45, 2.75) is 38.0 Å². The average molecular weight is 416 g/mol. The van der Waals surface area contributed by atoms with Gasteiger partial charge in [-0.2, -0.15) is 0 Å². The minimum absolute atomic E-state index is 0.303. The van der Waals surface area contributed by atoms with E-state index in [1.54, 1.807) is 7.11 Å². The molecule has 1 aliphatic heterocycles. The van der Waals surface area contributed by atoms with Crippen molar-refractivity contribution in [3.63, 3.8) is 0 Å². The Hall–Kier alpha value is -1.81. The molecule has 0 bridgehead atoms. The quantitative estimate of drug-likeness (QED) is 0.582. The summed E-state index contributed by atoms with van der Waals surface area (Å²) in [5.74, 6) is 1.63. The number of carbonyl (C=O) groups is 1. The molecule has 0 radical (unpaired) electrons. The van der Waals surface area contributed by atoms with Crippen LogP contribution >= 0.6 is 15.9 Å². The molecular formula is C22H26BrNO2. The van der Waals surface area contributed by atoms with Crippen LogP contribution in [0.4, 0.5) is 0 Å². The SMILES string of the molecule is COc1ccc(C2CCN(C(=O)CCCCc3ccc(Br)cc3)C2)cc1. The summed E-state index contributed by atoms with van der Waals surface area (Å²) in [6.45, 7) is 1.72. The van der Waals surface area contributed by atoms with E-state index in [4.69, 9.17) is 4.74 Å². The third-order valence-electron chi connectivity index (χ3n) is 5.15. The molecule has 0 aromatic heterocycles. The van der Waals surface area contributed by atoms with Crippen LogP contribution in [0.5, 0.6) is 5.75 Å². The van der Waals surface area contributed by atoms with Crippen LogP contribution in [-0.2, 0) is 11.2 Å². The summed E-state index contributed by atoms with van der Waals surface area (Å²) in [4.78, 5) is 14.5. The summed E-state index contributed by atoms with van der Waals surface area (Å²) in [6, 6.07) is 16.7. The zero-order valence-corrected chi connectivity index (χ0v) is 16.9. The van der Waals surface area contributed by atoms with Crippen molar-refractivity contribution in [1.82, 2.24) is 4.90 Å². The first-order chi connectivity index (χ1) is 12.7. The maximum absolute atomic E-state index is 12.5. The van der Waals surface area contributed by atoms with E-state index in [0.29, 0.717) is 18.2 Å². The fourth-order valence-electron chi connectivity index (χ4n) is 3.55. The van der Waals surface area contributed by atoms with Crippen LogP contribution in [0, 0.1) is 0 Å². The molecule has 2 aromatic carbocycles. The normalized spacial score (nSPS) is 16.7. The Bertz CT molecular complexity index is 712. The molecule has 0 N–H and O–H groups in total. The molecule has 1 atom stereocenters. The number of rotatable bonds is 7. The van der Waals surface area contributed by atoms with Gasteiger partial charge in [-0.05, 0) is 61.1 Å². The molecule has 1 heterocycles. The highest BCUT2D eigenvalue weighted by molar-refractivity contribution is 9.10. The number of benzene rings is 2. The highest BCUT2D eigenvalue weighted by atomic mass is 79.9. The van der Waals surface area contributed by atoms with Crippen LogP contribution in [0.1, 0.15) is 42.7 Å². The lowest BCUT2D eigenvalue weighted by atomic mass is 9.98. The summed E-state index contributed by atoms with van der Waals surface area (Å²) in [7, 11) is 1.68. The zero-order chi connectivity index (χ0) is 18.4. The monoisotopic (exact) mass is 415 g/mol. The number of amides is 1. The van der Waals surface area contributed by atoms with Crippen LogP contribution < -0.4 is 4.74 Å². The topological polar surface area (TPSA) is 29.5 Å². The highest BCUT2D eigenvalue weighted by Crippen LogP contribution is 2.29. The van der Waals surface area contributed by atoms with Gasteiger partial charge in [0.1, 0.15) is 5.75 Å². The van der Waals surface area contributed by atoms with Gasteiger partial charge in [0, 0.05) is 29.9 Å². The number of nitrogens with zero attached hydrogens (tertiary/aromatic N) is 1. The van der Waals surface area contributed by atoms with E-state index in [0.717, 1.165) is 49.0 Å². The second-order valence-corrected chi connectivity index (χ2v) is 7.85. The molecule has 1 unspecified atom stereocenters. The van der Waals surface area contributed by atoms with Gasteiger partial charge >= 0.3 is 0 Å². The molecule has 0 aliphatic carbocycles. The van der Waals surface area contributed by atoms with E-state index in [1.165, 1.54) is 11.1 Å². The number of aryl methyl sites for hydroxylation is 1. The van der Waals surface area contributed by atoms with Gasteiger partial charge in [-0.15, -0.1) is 0 Å². The van der Waals surface area contributed by atoms with Crippen LogP contribution in [-0.4, -0.2) is 31.0 Å². The first kappa shape index (κ1) is 19.0. The molecule has 1 amide bonds. The fourth-order valence-corrected chi connectivity index (χ4v) is 3.81. The van der Waals surface area contributed by atoms with Crippen LogP contribution in [0.3, 0.4) is 0 Å². The van der Waals surface area contributed by atoms with Crippen molar-refractivity contribution >= 4 is 21.8 Å². The number of hydrogen-bond acceptors (Lipinski definition) is 2. The van der Waals surface area contributed by atoms with E-state index >= 15 is 0 Å². The van der Waals surface area contributed by atoms with E-state index < -0.39 is 0 Å². The van der Waals surface area contributed by atoms with Crippen molar-refractivity contribution in [3.05, 3.63) is 64.1 Å². The van der Waals surface area contributed by atoms with Crippen LogP contribution in [0.15, 0.2) is 53.0 Å². The van der Waals surface area contributed by atoms with Gasteiger partial charge in [0.2, 0.25) is 5.91 Å². The van der Waals surface area contributed by atoms with Gasteiger partial charge in [-0.25, -0.2) is 0 Å². The fraction of sp³-hybridized carbons (Fsp3) is 0.409. The van der Waals surface area contributed by atoms with Crippen LogP contribution in [0.2, 0.25) is 0 Å². The summed E-state index contributed by atoms with van der Waals surface area (Å²) in [6.07, 6.45) is 4.76.